The molecule has 0 amide bonds. The first-order valence-electron chi connectivity index (χ1n) is 8.42. The molecule has 0 heterocycles. The lowest BCUT2D eigenvalue weighted by atomic mass is 9.75. The Hall–Kier alpha value is -0.120. The van der Waals surface area contributed by atoms with Crippen LogP contribution in [0, 0.1) is 5.41 Å². The van der Waals surface area contributed by atoms with Crippen LogP contribution in [0.1, 0.15) is 65.7 Å². The van der Waals surface area contributed by atoms with E-state index in [1.807, 2.05) is 0 Å². The maximum absolute atomic E-state index is 9.67. The number of aliphatic hydroxyl groups excluding tert-OH is 1. The highest BCUT2D eigenvalue weighted by Crippen LogP contribution is 2.36. The lowest BCUT2D eigenvalue weighted by Crippen LogP contribution is -2.49. The van der Waals surface area contributed by atoms with Crippen LogP contribution in [0.2, 0.25) is 0 Å². The summed E-state index contributed by atoms with van der Waals surface area (Å²) < 4.78 is 0. The molecule has 0 aromatic rings. The van der Waals surface area contributed by atoms with E-state index in [1.165, 1.54) is 38.5 Å². The van der Waals surface area contributed by atoms with E-state index in [1.54, 1.807) is 0 Å². The zero-order valence-corrected chi connectivity index (χ0v) is 13.9. The number of rotatable bonds is 7. The van der Waals surface area contributed by atoms with Gasteiger partial charge in [-0.2, -0.15) is 0 Å². The Bertz CT molecular complexity index is 304. The Labute approximate surface area is 125 Å². The predicted molar refractivity (Wildman–Crippen MR) is 84.9 cm³/mol. The molecular weight excluding hydrogens is 248 g/mol. The van der Waals surface area contributed by atoms with Crippen molar-refractivity contribution in [2.24, 2.45) is 5.41 Å². The van der Waals surface area contributed by atoms with Gasteiger partial charge < -0.3 is 15.3 Å². The third-order valence-corrected chi connectivity index (χ3v) is 5.43. The molecule has 118 valence electrons. The Morgan fingerprint density at radius 2 is 1.80 bits per heavy atom. The monoisotopic (exact) mass is 282 g/mol. The van der Waals surface area contributed by atoms with Gasteiger partial charge in [0.05, 0.1) is 6.61 Å². The van der Waals surface area contributed by atoms with E-state index in [0.29, 0.717) is 11.5 Å². The second kappa shape index (κ2) is 6.33. The number of hydrogen-bond donors (Lipinski definition) is 2. The first-order valence-corrected chi connectivity index (χ1v) is 8.42. The first kappa shape index (κ1) is 16.3. The molecule has 0 radical (unpaired) electrons. The van der Waals surface area contributed by atoms with Gasteiger partial charge in [0.25, 0.3) is 0 Å². The quantitative estimate of drug-likeness (QED) is 0.754. The van der Waals surface area contributed by atoms with Gasteiger partial charge in [-0.3, -0.25) is 0 Å². The van der Waals surface area contributed by atoms with Gasteiger partial charge in [0.15, 0.2) is 0 Å². The zero-order chi connectivity index (χ0) is 14.8. The van der Waals surface area contributed by atoms with Crippen LogP contribution in [0.5, 0.6) is 0 Å². The van der Waals surface area contributed by atoms with Crippen molar-refractivity contribution in [3.8, 4) is 0 Å². The maximum Gasteiger partial charge on any atom is 0.0611 e. The van der Waals surface area contributed by atoms with Crippen molar-refractivity contribution in [2.45, 2.75) is 83.3 Å². The molecule has 2 rings (SSSR count). The van der Waals surface area contributed by atoms with Crippen molar-refractivity contribution in [1.29, 1.82) is 0 Å². The third-order valence-electron chi connectivity index (χ3n) is 5.43. The Morgan fingerprint density at radius 3 is 2.30 bits per heavy atom. The van der Waals surface area contributed by atoms with Crippen LogP contribution >= 0.6 is 0 Å². The molecule has 0 spiro atoms. The van der Waals surface area contributed by atoms with E-state index >= 15 is 0 Å². The molecule has 2 saturated carbocycles. The summed E-state index contributed by atoms with van der Waals surface area (Å²) in [6, 6.07) is 1.40. The second-order valence-electron chi connectivity index (χ2n) is 8.26. The van der Waals surface area contributed by atoms with Crippen molar-refractivity contribution >= 4 is 0 Å². The lowest BCUT2D eigenvalue weighted by molar-refractivity contribution is 0.104. The molecule has 1 atom stereocenters. The van der Waals surface area contributed by atoms with Crippen molar-refractivity contribution < 1.29 is 5.11 Å². The Balaban J connectivity index is 1.74. The summed E-state index contributed by atoms with van der Waals surface area (Å²) in [7, 11) is 2.26. The van der Waals surface area contributed by atoms with E-state index in [0.717, 1.165) is 19.0 Å². The van der Waals surface area contributed by atoms with Crippen LogP contribution in [-0.4, -0.2) is 47.8 Å². The third kappa shape index (κ3) is 4.71. The summed E-state index contributed by atoms with van der Waals surface area (Å²) in [5, 5.41) is 13.3. The van der Waals surface area contributed by atoms with Gasteiger partial charge >= 0.3 is 0 Å². The summed E-state index contributed by atoms with van der Waals surface area (Å²) in [5.41, 5.74) is 0.452. The van der Waals surface area contributed by atoms with E-state index in [-0.39, 0.29) is 12.1 Å². The highest BCUT2D eigenvalue weighted by atomic mass is 16.3. The topological polar surface area (TPSA) is 35.5 Å². The van der Waals surface area contributed by atoms with Crippen LogP contribution in [0.4, 0.5) is 0 Å². The van der Waals surface area contributed by atoms with Crippen molar-refractivity contribution in [2.75, 3.05) is 20.2 Å². The minimum Gasteiger partial charge on any atom is -0.394 e. The summed E-state index contributed by atoms with van der Waals surface area (Å²) >= 11 is 0. The fourth-order valence-corrected chi connectivity index (χ4v) is 3.35. The van der Waals surface area contributed by atoms with E-state index in [4.69, 9.17) is 0 Å². The fraction of sp³-hybridized carbons (Fsp3) is 1.00. The molecule has 3 nitrogen and oxygen atoms in total. The van der Waals surface area contributed by atoms with Crippen molar-refractivity contribution in [1.82, 2.24) is 10.2 Å². The van der Waals surface area contributed by atoms with Gasteiger partial charge in [0, 0.05) is 17.6 Å². The standard InChI is InChI=1S/C17H34N2O/c1-16(2)9-7-15(8-10-16)19(4)12-11-17(3,13-20)18-14-5-6-14/h14-15,18,20H,5-13H2,1-4H3. The lowest BCUT2D eigenvalue weighted by Gasteiger charge is -2.40. The molecule has 0 bridgehead atoms. The molecule has 20 heavy (non-hydrogen) atoms. The molecule has 2 aliphatic carbocycles. The average Bonchev–Trinajstić information content (AvgIpc) is 3.20. The van der Waals surface area contributed by atoms with Gasteiger partial charge in [0.1, 0.15) is 0 Å². The summed E-state index contributed by atoms with van der Waals surface area (Å²) in [4.78, 5) is 2.53. The smallest absolute Gasteiger partial charge is 0.0611 e. The van der Waals surface area contributed by atoms with Crippen molar-refractivity contribution in [3.63, 3.8) is 0 Å². The molecule has 3 heteroatoms. The molecule has 2 fully saturated rings. The molecule has 0 aromatic carbocycles. The number of nitrogens with one attached hydrogen (secondary N) is 1. The Kier molecular flexibility index (Phi) is 5.14. The maximum atomic E-state index is 9.67. The van der Waals surface area contributed by atoms with Crippen molar-refractivity contribution in [3.05, 3.63) is 0 Å². The van der Waals surface area contributed by atoms with Gasteiger partial charge in [-0.05, 0) is 70.9 Å². The summed E-state index contributed by atoms with van der Waals surface area (Å²) in [5.74, 6) is 0. The van der Waals surface area contributed by atoms with E-state index < -0.39 is 0 Å². The van der Waals surface area contributed by atoms with E-state index in [9.17, 15) is 5.11 Å². The van der Waals surface area contributed by atoms with Crippen LogP contribution in [0.3, 0.4) is 0 Å². The second-order valence-corrected chi connectivity index (χ2v) is 8.26. The van der Waals surface area contributed by atoms with E-state index in [2.05, 4.69) is 38.0 Å². The van der Waals surface area contributed by atoms with Crippen LogP contribution in [0.25, 0.3) is 0 Å². The van der Waals surface area contributed by atoms with Crippen LogP contribution in [-0.2, 0) is 0 Å². The highest BCUT2D eigenvalue weighted by Gasteiger charge is 2.33. The van der Waals surface area contributed by atoms with Gasteiger partial charge in [-0.15, -0.1) is 0 Å². The highest BCUT2D eigenvalue weighted by molar-refractivity contribution is 4.93. The van der Waals surface area contributed by atoms with Crippen LogP contribution < -0.4 is 5.32 Å². The largest absolute Gasteiger partial charge is 0.394 e. The fourth-order valence-electron chi connectivity index (χ4n) is 3.35. The summed E-state index contributed by atoms with van der Waals surface area (Å²) in [6.07, 6.45) is 8.95. The molecular formula is C17H34N2O. The number of hydrogen-bond acceptors (Lipinski definition) is 3. The molecule has 0 saturated heterocycles. The molecule has 2 aliphatic rings. The predicted octanol–water partition coefficient (Wildman–Crippen LogP) is 2.78. The average molecular weight is 282 g/mol. The molecule has 1 unspecified atom stereocenters. The van der Waals surface area contributed by atoms with Gasteiger partial charge in [-0.1, -0.05) is 13.8 Å². The number of nitrogens with zero attached hydrogens (tertiary/aromatic N) is 1. The molecule has 2 N–H and O–H groups in total. The minimum atomic E-state index is -0.0939. The Morgan fingerprint density at radius 1 is 1.20 bits per heavy atom. The normalized spacial score (nSPS) is 26.7. The van der Waals surface area contributed by atoms with Gasteiger partial charge in [-0.25, -0.2) is 0 Å². The molecule has 0 aliphatic heterocycles. The number of aliphatic hydroxyl groups is 1. The minimum absolute atomic E-state index is 0.0939. The SMILES string of the molecule is CN(CCC(C)(CO)NC1CC1)C1CCC(C)(C)CC1. The molecule has 0 aromatic heterocycles. The van der Waals surface area contributed by atoms with Crippen LogP contribution in [0.15, 0.2) is 0 Å². The summed E-state index contributed by atoms with van der Waals surface area (Å²) in [6.45, 7) is 8.29. The first-order chi connectivity index (χ1) is 9.34. The zero-order valence-electron chi connectivity index (χ0n) is 13.9. The van der Waals surface area contributed by atoms with Gasteiger partial charge in [0.2, 0.25) is 0 Å².